The normalized spacial score (nSPS) is 18.6. The van der Waals surface area contributed by atoms with Crippen LogP contribution < -0.4 is 4.90 Å². The molecule has 6 rings (SSSR count). The first-order valence-electron chi connectivity index (χ1n) is 21.4. The molecule has 0 spiro atoms. The zero-order valence-electron chi connectivity index (χ0n) is 37.6. The Bertz CT molecular complexity index is 2640. The molecule has 0 aliphatic carbocycles. The summed E-state index contributed by atoms with van der Waals surface area (Å²) in [4.78, 5) is 83.4. The number of amides is 4. The molecule has 1 radical (unpaired) electrons. The standard InChI is InChI=1S/C45H52N4O14S2.K/c1-44(2)32-28-30(64(56,57)58)18-20-34(32)46(26-12-6-10-16-42(54)62-48-38(50)22-23-39(48)51)36(44)14-8-5-9-15-37-45(3,4)33-29-31(65(59,60)61)19-21-35(33)47(37)27-13-7-11-17-43(55)63-49-40(52)24-25-41(49)53;/h5,8-9,14-15,18-21,28-29H,6-7,10-13,16-17,22-27H2,1-4H3,(H-,56,57,58,59,60,61);. The Morgan fingerprint density at radius 1 is 0.712 bits per heavy atom. The van der Waals surface area contributed by atoms with Crippen molar-refractivity contribution in [2.45, 2.75) is 125 Å². The summed E-state index contributed by atoms with van der Waals surface area (Å²) < 4.78 is 72.2. The summed E-state index contributed by atoms with van der Waals surface area (Å²) in [5.74, 6) is -3.58. The molecule has 2 saturated heterocycles. The van der Waals surface area contributed by atoms with E-state index in [-0.39, 0.29) is 99.7 Å². The van der Waals surface area contributed by atoms with Crippen molar-refractivity contribution in [1.29, 1.82) is 0 Å². The molecule has 0 aromatic heterocycles. The van der Waals surface area contributed by atoms with Gasteiger partial charge in [0.1, 0.15) is 16.7 Å². The molecule has 0 saturated carbocycles. The van der Waals surface area contributed by atoms with Crippen LogP contribution in [0.3, 0.4) is 0 Å². The van der Waals surface area contributed by atoms with E-state index in [1.807, 2.05) is 62.7 Å². The van der Waals surface area contributed by atoms with Crippen LogP contribution in [0.4, 0.5) is 11.4 Å². The fourth-order valence-corrected chi connectivity index (χ4v) is 9.51. The molecule has 66 heavy (non-hydrogen) atoms. The number of imide groups is 2. The molecule has 4 heterocycles. The first kappa shape index (κ1) is 52.8. The fraction of sp³-hybridized carbons (Fsp3) is 0.444. The van der Waals surface area contributed by atoms with E-state index in [1.165, 1.54) is 24.3 Å². The maximum absolute atomic E-state index is 12.4. The number of nitrogens with zero attached hydrogens (tertiary/aromatic N) is 4. The average molecular weight is 976 g/mol. The van der Waals surface area contributed by atoms with Crippen molar-refractivity contribution in [2.24, 2.45) is 0 Å². The molecular weight excluding hydrogens is 924 g/mol. The monoisotopic (exact) mass is 975 g/mol. The van der Waals surface area contributed by atoms with Gasteiger partial charge in [0.05, 0.1) is 15.2 Å². The Kier molecular flexibility index (Phi) is 17.1. The molecule has 1 N–H and O–H groups in total. The molecule has 21 heteroatoms. The number of allylic oxidation sites excluding steroid dienone is 6. The molecule has 0 bridgehead atoms. The smallest absolute Gasteiger partial charge is 0.333 e. The zero-order valence-corrected chi connectivity index (χ0v) is 42.4. The average Bonchev–Trinajstić information content (AvgIpc) is 3.86. The van der Waals surface area contributed by atoms with Crippen molar-refractivity contribution in [3.8, 4) is 0 Å². The van der Waals surface area contributed by atoms with Crippen LogP contribution in [0.15, 0.2) is 82.3 Å². The third kappa shape index (κ3) is 11.9. The SMILES string of the molecule is CC1(C)C(=CC=CC=CC2=[N+](CCCCCC(=O)ON3C(=O)CCC3=O)c3ccc(S(=O)(=O)[O-])cc3C2(C)C)N(CCCCCC(=O)ON2C(=O)CCC2=O)c2ccc(S(=O)(=O)O)cc21.[K]. The van der Waals surface area contributed by atoms with E-state index >= 15 is 0 Å². The van der Waals surface area contributed by atoms with Crippen LogP contribution in [-0.2, 0) is 69.5 Å². The first-order valence-corrected chi connectivity index (χ1v) is 24.2. The van der Waals surface area contributed by atoms with Gasteiger partial charge < -0.3 is 19.1 Å². The Morgan fingerprint density at radius 3 is 1.79 bits per heavy atom. The van der Waals surface area contributed by atoms with Crippen LogP contribution in [0.25, 0.3) is 0 Å². The van der Waals surface area contributed by atoms with E-state index in [0.29, 0.717) is 72.9 Å². The third-order valence-electron chi connectivity index (χ3n) is 12.0. The summed E-state index contributed by atoms with van der Waals surface area (Å²) in [5.41, 5.74) is 2.96. The molecular formula is C45H52KN4O14S2. The number of rotatable bonds is 19. The quantitative estimate of drug-likeness (QED) is 0.0488. The van der Waals surface area contributed by atoms with E-state index in [9.17, 15) is 54.7 Å². The fourth-order valence-electron chi connectivity index (χ4n) is 8.51. The predicted molar refractivity (Wildman–Crippen MR) is 237 cm³/mol. The molecule has 4 aliphatic rings. The van der Waals surface area contributed by atoms with E-state index < -0.39 is 66.6 Å². The zero-order chi connectivity index (χ0) is 47.5. The van der Waals surface area contributed by atoms with Crippen molar-refractivity contribution in [1.82, 2.24) is 10.1 Å². The predicted octanol–water partition coefficient (Wildman–Crippen LogP) is 4.96. The van der Waals surface area contributed by atoms with Gasteiger partial charge >= 0.3 is 11.9 Å². The minimum absolute atomic E-state index is 0. The van der Waals surface area contributed by atoms with E-state index in [4.69, 9.17) is 9.68 Å². The van der Waals surface area contributed by atoms with Crippen LogP contribution in [-0.4, -0.2) is 146 Å². The van der Waals surface area contributed by atoms with Gasteiger partial charge in [0.25, 0.3) is 33.7 Å². The topological polar surface area (TPSA) is 245 Å². The van der Waals surface area contributed by atoms with Gasteiger partial charge in [-0.1, -0.05) is 38.5 Å². The largest absolute Gasteiger partial charge is 0.744 e. The molecule has 0 unspecified atom stereocenters. The van der Waals surface area contributed by atoms with Crippen LogP contribution in [0.1, 0.15) is 116 Å². The van der Waals surface area contributed by atoms with Gasteiger partial charge in [0, 0.05) is 137 Å². The van der Waals surface area contributed by atoms with Crippen LogP contribution >= 0.6 is 0 Å². The number of hydrogen-bond donors (Lipinski definition) is 1. The van der Waals surface area contributed by atoms with Crippen LogP contribution in [0.5, 0.6) is 0 Å². The van der Waals surface area contributed by atoms with E-state index in [1.54, 1.807) is 12.1 Å². The van der Waals surface area contributed by atoms with Crippen molar-refractivity contribution >= 4 is 124 Å². The number of hydroxylamine groups is 4. The number of benzene rings is 2. The Labute approximate surface area is 426 Å². The van der Waals surface area contributed by atoms with Gasteiger partial charge in [0.15, 0.2) is 5.71 Å². The van der Waals surface area contributed by atoms with Gasteiger partial charge in [-0.25, -0.2) is 18.0 Å². The van der Waals surface area contributed by atoms with E-state index in [0.717, 1.165) is 22.8 Å². The number of carbonyl (C=O) groups excluding carboxylic acids is 6. The maximum atomic E-state index is 12.4. The second kappa shape index (κ2) is 21.4. The summed E-state index contributed by atoms with van der Waals surface area (Å²) in [6.45, 7) is 8.67. The van der Waals surface area contributed by atoms with Gasteiger partial charge in [-0.05, 0) is 81.5 Å². The second-order valence-corrected chi connectivity index (χ2v) is 20.0. The number of hydrogen-bond acceptors (Lipinski definition) is 14. The van der Waals surface area contributed by atoms with Crippen molar-refractivity contribution in [3.63, 3.8) is 0 Å². The molecule has 4 amide bonds. The van der Waals surface area contributed by atoms with Gasteiger partial charge in [-0.2, -0.15) is 13.0 Å². The van der Waals surface area contributed by atoms with Gasteiger partial charge in [0.2, 0.25) is 5.69 Å². The van der Waals surface area contributed by atoms with Crippen molar-refractivity contribution in [3.05, 3.63) is 83.6 Å². The van der Waals surface area contributed by atoms with Crippen LogP contribution in [0.2, 0.25) is 0 Å². The maximum Gasteiger partial charge on any atom is 0.333 e. The summed E-state index contributed by atoms with van der Waals surface area (Å²) in [6, 6.07) is 8.72. The molecule has 0 atom stereocenters. The summed E-state index contributed by atoms with van der Waals surface area (Å²) in [5, 5.41) is 1.04. The molecule has 2 aromatic rings. The van der Waals surface area contributed by atoms with Gasteiger partial charge in [-0.3, -0.25) is 23.7 Å². The van der Waals surface area contributed by atoms with Crippen molar-refractivity contribution in [2.75, 3.05) is 18.0 Å². The third-order valence-corrected chi connectivity index (χ3v) is 13.6. The Morgan fingerprint density at radius 2 is 1.24 bits per heavy atom. The van der Waals surface area contributed by atoms with Crippen molar-refractivity contribution < 1.29 is 69.0 Å². The minimum Gasteiger partial charge on any atom is -0.744 e. The Hall–Kier alpha value is -4.19. The molecule has 349 valence electrons. The molecule has 2 aromatic carbocycles. The Balaban J connectivity index is 0.00000817. The van der Waals surface area contributed by atoms with Crippen LogP contribution in [0, 0.1) is 0 Å². The summed E-state index contributed by atoms with van der Waals surface area (Å²) in [7, 11) is -9.24. The number of anilines is 1. The first-order chi connectivity index (χ1) is 30.5. The van der Waals surface area contributed by atoms with E-state index in [2.05, 4.69) is 4.90 Å². The molecule has 4 aliphatic heterocycles. The summed E-state index contributed by atoms with van der Waals surface area (Å²) >= 11 is 0. The second-order valence-electron chi connectivity index (χ2n) is 17.2. The molecule has 18 nitrogen and oxygen atoms in total. The summed E-state index contributed by atoms with van der Waals surface area (Å²) in [6.07, 6.45) is 12.5. The minimum atomic E-state index is -4.74. The van der Waals surface area contributed by atoms with Gasteiger partial charge in [-0.15, -0.1) is 10.1 Å². The number of carbonyl (C=O) groups is 6. The number of fused-ring (bicyclic) bond motifs is 2. The number of unbranched alkanes of at least 4 members (excludes halogenated alkanes) is 4. The molecule has 2 fully saturated rings.